The van der Waals surface area contributed by atoms with Gasteiger partial charge in [0.05, 0.1) is 6.10 Å². The molecule has 0 fully saturated rings. The first-order valence-corrected chi connectivity index (χ1v) is 12.3. The molecular formula is C20H42FO4P. The molecule has 0 aliphatic carbocycles. The van der Waals surface area contributed by atoms with Crippen molar-refractivity contribution in [3.05, 3.63) is 0 Å². The molecule has 0 bridgehead atoms. The van der Waals surface area contributed by atoms with Crippen molar-refractivity contribution in [3.63, 3.8) is 0 Å². The Kier molecular flexibility index (Phi) is 17.2. The van der Waals surface area contributed by atoms with Crippen LogP contribution in [0.5, 0.6) is 0 Å². The SMILES string of the molecule is CCCCCCCCCC(F)CCC(CCCCCCC)OP(=O)(O)O. The van der Waals surface area contributed by atoms with Crippen LogP contribution >= 0.6 is 7.82 Å². The Labute approximate surface area is 160 Å². The molecule has 0 spiro atoms. The van der Waals surface area contributed by atoms with Gasteiger partial charge in [-0.1, -0.05) is 90.9 Å². The van der Waals surface area contributed by atoms with Gasteiger partial charge < -0.3 is 9.79 Å². The summed E-state index contributed by atoms with van der Waals surface area (Å²) >= 11 is 0. The van der Waals surface area contributed by atoms with E-state index < -0.39 is 20.1 Å². The number of alkyl halides is 1. The van der Waals surface area contributed by atoms with Crippen LogP contribution in [0.2, 0.25) is 0 Å². The molecule has 2 atom stereocenters. The molecule has 158 valence electrons. The minimum Gasteiger partial charge on any atom is -0.303 e. The Morgan fingerprint density at radius 3 is 1.69 bits per heavy atom. The van der Waals surface area contributed by atoms with Crippen LogP contribution in [0, 0.1) is 0 Å². The quantitative estimate of drug-likeness (QED) is 0.181. The molecule has 0 saturated heterocycles. The molecule has 0 aromatic rings. The third-order valence-corrected chi connectivity index (χ3v) is 5.41. The zero-order chi connectivity index (χ0) is 19.7. The first-order valence-electron chi connectivity index (χ1n) is 10.8. The molecule has 0 saturated carbocycles. The van der Waals surface area contributed by atoms with Gasteiger partial charge in [-0.25, -0.2) is 8.96 Å². The molecule has 4 nitrogen and oxygen atoms in total. The van der Waals surface area contributed by atoms with E-state index in [9.17, 15) is 8.96 Å². The minimum absolute atomic E-state index is 0.329. The Bertz CT molecular complexity index is 349. The predicted octanol–water partition coefficient (Wildman–Crippen LogP) is 7.08. The van der Waals surface area contributed by atoms with Crippen LogP contribution in [0.4, 0.5) is 4.39 Å². The standard InChI is InChI=1S/C20H42FO4P/c1-3-5-7-9-10-12-13-15-19(21)17-18-20(25-26(22,23)24)16-14-11-8-6-4-2/h19-20H,3-18H2,1-2H3,(H2,22,23,24). The molecule has 26 heavy (non-hydrogen) atoms. The average Bonchev–Trinajstić information content (AvgIpc) is 2.57. The zero-order valence-corrected chi connectivity index (χ0v) is 17.9. The second-order valence-electron chi connectivity index (χ2n) is 7.51. The van der Waals surface area contributed by atoms with E-state index in [1.165, 1.54) is 38.5 Å². The summed E-state index contributed by atoms with van der Waals surface area (Å²) in [5.41, 5.74) is 0. The van der Waals surface area contributed by atoms with Crippen LogP contribution < -0.4 is 0 Å². The van der Waals surface area contributed by atoms with Gasteiger partial charge in [-0.15, -0.1) is 0 Å². The number of hydrogen-bond donors (Lipinski definition) is 2. The lowest BCUT2D eigenvalue weighted by Gasteiger charge is -2.19. The number of unbranched alkanes of at least 4 members (excludes halogenated alkanes) is 10. The highest BCUT2D eigenvalue weighted by Crippen LogP contribution is 2.40. The van der Waals surface area contributed by atoms with Crippen molar-refractivity contribution < 1.29 is 23.3 Å². The summed E-state index contributed by atoms with van der Waals surface area (Å²) in [4.78, 5) is 18.1. The monoisotopic (exact) mass is 396 g/mol. The summed E-state index contributed by atoms with van der Waals surface area (Å²) in [6, 6.07) is 0. The summed E-state index contributed by atoms with van der Waals surface area (Å²) in [7, 11) is -4.51. The van der Waals surface area contributed by atoms with Crippen LogP contribution in [0.3, 0.4) is 0 Å². The highest BCUT2D eigenvalue weighted by atomic mass is 31.2. The van der Waals surface area contributed by atoms with Crippen molar-refractivity contribution in [1.29, 1.82) is 0 Å². The normalized spacial score (nSPS) is 14.5. The van der Waals surface area contributed by atoms with Crippen molar-refractivity contribution >= 4 is 7.82 Å². The van der Waals surface area contributed by atoms with Crippen molar-refractivity contribution in [2.24, 2.45) is 0 Å². The smallest absolute Gasteiger partial charge is 0.303 e. The van der Waals surface area contributed by atoms with Crippen LogP contribution in [0.25, 0.3) is 0 Å². The predicted molar refractivity (Wildman–Crippen MR) is 107 cm³/mol. The Morgan fingerprint density at radius 2 is 1.19 bits per heavy atom. The third-order valence-electron chi connectivity index (χ3n) is 4.84. The molecule has 2 N–H and O–H groups in total. The summed E-state index contributed by atoms with van der Waals surface area (Å²) < 4.78 is 30.1. The zero-order valence-electron chi connectivity index (χ0n) is 17.0. The van der Waals surface area contributed by atoms with Gasteiger partial charge in [-0.05, 0) is 25.7 Å². The summed E-state index contributed by atoms with van der Waals surface area (Å²) in [6.45, 7) is 4.34. The Morgan fingerprint density at radius 1 is 0.731 bits per heavy atom. The molecule has 2 unspecified atom stereocenters. The van der Waals surface area contributed by atoms with E-state index in [1.54, 1.807) is 0 Å². The maximum absolute atomic E-state index is 14.1. The summed E-state index contributed by atoms with van der Waals surface area (Å²) in [6.07, 6.45) is 14.0. The van der Waals surface area contributed by atoms with E-state index in [-0.39, 0.29) is 0 Å². The van der Waals surface area contributed by atoms with Crippen LogP contribution in [-0.2, 0) is 9.09 Å². The Hall–Kier alpha value is 0.0400. The molecule has 6 heteroatoms. The van der Waals surface area contributed by atoms with Gasteiger partial charge >= 0.3 is 7.82 Å². The van der Waals surface area contributed by atoms with E-state index in [0.29, 0.717) is 25.7 Å². The fraction of sp³-hybridized carbons (Fsp3) is 1.00. The fourth-order valence-corrected chi connectivity index (χ4v) is 3.85. The topological polar surface area (TPSA) is 66.8 Å². The van der Waals surface area contributed by atoms with Crippen molar-refractivity contribution in [2.45, 2.75) is 129 Å². The second-order valence-corrected chi connectivity index (χ2v) is 8.70. The summed E-state index contributed by atoms with van der Waals surface area (Å²) in [5, 5.41) is 0. The molecule has 0 aromatic carbocycles. The van der Waals surface area contributed by atoms with Gasteiger partial charge in [-0.3, -0.25) is 4.52 Å². The van der Waals surface area contributed by atoms with E-state index in [0.717, 1.165) is 38.5 Å². The van der Waals surface area contributed by atoms with Crippen molar-refractivity contribution in [2.75, 3.05) is 0 Å². The van der Waals surface area contributed by atoms with Crippen molar-refractivity contribution in [1.82, 2.24) is 0 Å². The van der Waals surface area contributed by atoms with E-state index in [1.807, 2.05) is 0 Å². The number of halogens is 1. The van der Waals surface area contributed by atoms with Crippen LogP contribution in [-0.4, -0.2) is 22.1 Å². The lowest BCUT2D eigenvalue weighted by molar-refractivity contribution is 0.107. The summed E-state index contributed by atoms with van der Waals surface area (Å²) in [5.74, 6) is 0. The maximum Gasteiger partial charge on any atom is 0.469 e. The number of rotatable bonds is 19. The molecule has 0 aromatic heterocycles. The van der Waals surface area contributed by atoms with E-state index >= 15 is 0 Å². The van der Waals surface area contributed by atoms with Gasteiger partial charge in [0, 0.05) is 0 Å². The van der Waals surface area contributed by atoms with E-state index in [4.69, 9.17) is 14.3 Å². The third kappa shape index (κ3) is 18.8. The maximum atomic E-state index is 14.1. The molecular weight excluding hydrogens is 354 g/mol. The van der Waals surface area contributed by atoms with E-state index in [2.05, 4.69) is 13.8 Å². The van der Waals surface area contributed by atoms with Gasteiger partial charge in [-0.2, -0.15) is 0 Å². The highest BCUT2D eigenvalue weighted by molar-refractivity contribution is 7.46. The number of phosphoric ester groups is 1. The van der Waals surface area contributed by atoms with Crippen LogP contribution in [0.1, 0.15) is 117 Å². The fourth-order valence-electron chi connectivity index (χ4n) is 3.25. The van der Waals surface area contributed by atoms with Gasteiger partial charge in [0.25, 0.3) is 0 Å². The molecule has 0 amide bonds. The second kappa shape index (κ2) is 17.2. The lowest BCUT2D eigenvalue weighted by atomic mass is 10.0. The van der Waals surface area contributed by atoms with Gasteiger partial charge in [0.2, 0.25) is 0 Å². The average molecular weight is 397 g/mol. The van der Waals surface area contributed by atoms with Crippen molar-refractivity contribution in [3.8, 4) is 0 Å². The number of hydrogen-bond acceptors (Lipinski definition) is 2. The largest absolute Gasteiger partial charge is 0.469 e. The molecule has 0 radical (unpaired) electrons. The lowest BCUT2D eigenvalue weighted by Crippen LogP contribution is -2.14. The minimum atomic E-state index is -4.51. The first-order chi connectivity index (χ1) is 12.4. The molecule has 0 heterocycles. The Balaban J connectivity index is 3.91. The van der Waals surface area contributed by atoms with Gasteiger partial charge in [0.1, 0.15) is 6.17 Å². The van der Waals surface area contributed by atoms with Gasteiger partial charge in [0.15, 0.2) is 0 Å². The highest BCUT2D eigenvalue weighted by Gasteiger charge is 2.23. The molecule has 0 aliphatic heterocycles. The molecule has 0 rings (SSSR count). The van der Waals surface area contributed by atoms with Crippen LogP contribution in [0.15, 0.2) is 0 Å². The number of phosphoric acid groups is 1. The molecule has 0 aliphatic rings. The first kappa shape index (κ1) is 26.0.